The first kappa shape index (κ1) is 25.5. The maximum Gasteiger partial charge on any atom is 0.258 e. The molecule has 10 heteroatoms. The minimum Gasteiger partial charge on any atom is -0.496 e. The Labute approximate surface area is 209 Å². The molecule has 0 atom stereocenters. The number of alkyl halides is 1. The zero-order valence-electron chi connectivity index (χ0n) is 20.8. The first-order valence-electron chi connectivity index (χ1n) is 11.9. The first-order chi connectivity index (χ1) is 17.2. The fourth-order valence-electron chi connectivity index (χ4n) is 4.58. The number of benzene rings is 1. The van der Waals surface area contributed by atoms with Crippen LogP contribution < -0.4 is 19.1 Å². The number of aromatic nitrogens is 2. The maximum atomic E-state index is 13.2. The number of halogens is 1. The van der Waals surface area contributed by atoms with Gasteiger partial charge in [-0.25, -0.2) is 4.52 Å². The van der Waals surface area contributed by atoms with Gasteiger partial charge in [-0.15, -0.1) is 16.4 Å². The molecule has 1 aliphatic rings. The normalized spacial score (nSPS) is 14.4. The summed E-state index contributed by atoms with van der Waals surface area (Å²) in [5.74, 6) is 1.87. The van der Waals surface area contributed by atoms with Crippen molar-refractivity contribution in [2.45, 2.75) is 38.8 Å². The lowest BCUT2D eigenvalue weighted by atomic mass is 10.1. The molecule has 0 spiro atoms. The van der Waals surface area contributed by atoms with Crippen LogP contribution in [0.25, 0.3) is 16.1 Å². The van der Waals surface area contributed by atoms with Crippen LogP contribution in [-0.2, 0) is 16.1 Å². The van der Waals surface area contributed by atoms with E-state index in [0.717, 1.165) is 40.2 Å². The summed E-state index contributed by atoms with van der Waals surface area (Å²) in [7, 11) is 4.91. The van der Waals surface area contributed by atoms with Crippen molar-refractivity contribution < 1.29 is 28.1 Å². The minimum atomic E-state index is -0.370. The topological polar surface area (TPSA) is 66.7 Å². The number of nitrogens with zero attached hydrogens (tertiary/aromatic N) is 3. The standard InChI is InChI=1S/C25H34FN3O5S/c1-5-33-15-17-13-20(30-2)22(21(14-17)31-3)19-16-35-25-23(24(32-4)27-29(19)25)28(10-6-9-26)18-7-11-34-12-8-18/h13-14,16,18H,5-12,15H2,1-4H3. The molecule has 1 fully saturated rings. The van der Waals surface area contributed by atoms with Crippen molar-refractivity contribution in [2.75, 3.05) is 59.3 Å². The van der Waals surface area contributed by atoms with Crippen LogP contribution in [0.3, 0.4) is 0 Å². The van der Waals surface area contributed by atoms with Gasteiger partial charge in [0.05, 0.1) is 45.9 Å². The van der Waals surface area contributed by atoms with Gasteiger partial charge in [-0.3, -0.25) is 4.39 Å². The molecular formula is C25H34FN3O5S. The van der Waals surface area contributed by atoms with Crippen molar-refractivity contribution >= 4 is 21.9 Å². The van der Waals surface area contributed by atoms with Gasteiger partial charge in [0.25, 0.3) is 5.88 Å². The molecule has 0 amide bonds. The summed E-state index contributed by atoms with van der Waals surface area (Å²) in [6.45, 7) is 4.67. The molecule has 3 aromatic rings. The molecule has 3 heterocycles. The van der Waals surface area contributed by atoms with Crippen LogP contribution in [0, 0.1) is 0 Å². The van der Waals surface area contributed by atoms with Crippen LogP contribution in [0.2, 0.25) is 0 Å². The lowest BCUT2D eigenvalue weighted by Gasteiger charge is -2.35. The van der Waals surface area contributed by atoms with E-state index < -0.39 is 0 Å². The fraction of sp³-hybridized carbons (Fsp3) is 0.560. The average molecular weight is 508 g/mol. The van der Waals surface area contributed by atoms with Gasteiger partial charge in [0.2, 0.25) is 0 Å². The van der Waals surface area contributed by atoms with E-state index in [-0.39, 0.29) is 12.7 Å². The third kappa shape index (κ3) is 5.19. The van der Waals surface area contributed by atoms with Gasteiger partial charge >= 0.3 is 0 Å². The van der Waals surface area contributed by atoms with Crippen molar-refractivity contribution in [2.24, 2.45) is 0 Å². The Balaban J connectivity index is 1.83. The van der Waals surface area contributed by atoms with Gasteiger partial charge in [-0.2, -0.15) is 0 Å². The van der Waals surface area contributed by atoms with Gasteiger partial charge in [0, 0.05) is 37.8 Å². The first-order valence-corrected chi connectivity index (χ1v) is 12.8. The lowest BCUT2D eigenvalue weighted by Crippen LogP contribution is -2.40. The third-order valence-electron chi connectivity index (χ3n) is 6.24. The Morgan fingerprint density at radius 3 is 2.46 bits per heavy atom. The number of fused-ring (bicyclic) bond motifs is 1. The van der Waals surface area contributed by atoms with E-state index in [1.165, 1.54) is 0 Å². The Bertz CT molecular complexity index is 1090. The van der Waals surface area contributed by atoms with Gasteiger partial charge in [-0.05, 0) is 43.9 Å². The number of ether oxygens (including phenoxy) is 5. The van der Waals surface area contributed by atoms with Crippen LogP contribution in [-0.4, -0.2) is 70.0 Å². The monoisotopic (exact) mass is 507 g/mol. The Hall–Kier alpha value is -2.56. The van der Waals surface area contributed by atoms with Gasteiger partial charge in [0.15, 0.2) is 0 Å². The molecule has 2 aromatic heterocycles. The summed E-state index contributed by atoms with van der Waals surface area (Å²) < 4.78 is 43.5. The van der Waals surface area contributed by atoms with Crippen LogP contribution in [0.1, 0.15) is 31.7 Å². The molecule has 0 bridgehead atoms. The highest BCUT2D eigenvalue weighted by Gasteiger charge is 2.30. The second kappa shape index (κ2) is 11.9. The molecule has 35 heavy (non-hydrogen) atoms. The quantitative estimate of drug-likeness (QED) is 0.343. The molecule has 4 rings (SSSR count). The number of thiazole rings is 1. The summed E-state index contributed by atoms with van der Waals surface area (Å²) in [5.41, 5.74) is 3.50. The molecule has 8 nitrogen and oxygen atoms in total. The third-order valence-corrected chi connectivity index (χ3v) is 7.17. The van der Waals surface area contributed by atoms with Crippen LogP contribution >= 0.6 is 11.3 Å². The zero-order chi connectivity index (χ0) is 24.8. The fourth-order valence-corrected chi connectivity index (χ4v) is 5.58. The second-order valence-corrected chi connectivity index (χ2v) is 9.15. The van der Waals surface area contributed by atoms with E-state index in [1.54, 1.807) is 32.7 Å². The highest BCUT2D eigenvalue weighted by Crippen LogP contribution is 2.45. The molecule has 0 radical (unpaired) electrons. The molecule has 0 saturated carbocycles. The zero-order valence-corrected chi connectivity index (χ0v) is 21.7. The Kier molecular flexibility index (Phi) is 8.69. The Morgan fingerprint density at radius 2 is 1.86 bits per heavy atom. The molecule has 1 aromatic carbocycles. The average Bonchev–Trinajstić information content (AvgIpc) is 3.47. The Morgan fingerprint density at radius 1 is 1.14 bits per heavy atom. The van der Waals surface area contributed by atoms with Gasteiger partial charge in [0.1, 0.15) is 22.0 Å². The molecule has 0 unspecified atom stereocenters. The van der Waals surface area contributed by atoms with E-state index in [1.807, 2.05) is 29.0 Å². The molecule has 1 saturated heterocycles. The van der Waals surface area contributed by atoms with E-state index in [9.17, 15) is 4.39 Å². The summed E-state index contributed by atoms with van der Waals surface area (Å²) in [4.78, 5) is 3.19. The van der Waals surface area contributed by atoms with Crippen molar-refractivity contribution in [3.63, 3.8) is 0 Å². The number of anilines is 1. The van der Waals surface area contributed by atoms with Crippen LogP contribution in [0.4, 0.5) is 10.1 Å². The molecular weight excluding hydrogens is 473 g/mol. The summed E-state index contributed by atoms with van der Waals surface area (Å²) in [6, 6.07) is 4.17. The van der Waals surface area contributed by atoms with E-state index in [4.69, 9.17) is 28.8 Å². The van der Waals surface area contributed by atoms with Gasteiger partial charge in [-0.1, -0.05) is 0 Å². The van der Waals surface area contributed by atoms with Crippen molar-refractivity contribution in [3.05, 3.63) is 23.1 Å². The molecule has 0 aliphatic carbocycles. The van der Waals surface area contributed by atoms with E-state index in [0.29, 0.717) is 56.8 Å². The second-order valence-electron chi connectivity index (χ2n) is 8.29. The predicted molar refractivity (Wildman–Crippen MR) is 135 cm³/mol. The molecule has 0 N–H and O–H groups in total. The predicted octanol–water partition coefficient (Wildman–Crippen LogP) is 4.97. The van der Waals surface area contributed by atoms with Crippen molar-refractivity contribution in [1.82, 2.24) is 9.61 Å². The molecule has 1 aliphatic heterocycles. The minimum absolute atomic E-state index is 0.240. The van der Waals surface area contributed by atoms with Gasteiger partial charge < -0.3 is 28.6 Å². The maximum absolute atomic E-state index is 13.2. The van der Waals surface area contributed by atoms with Crippen molar-refractivity contribution in [3.8, 4) is 28.6 Å². The number of hydrogen-bond donors (Lipinski definition) is 0. The largest absolute Gasteiger partial charge is 0.496 e. The smallest absolute Gasteiger partial charge is 0.258 e. The highest BCUT2D eigenvalue weighted by molar-refractivity contribution is 7.16. The number of hydrogen-bond acceptors (Lipinski definition) is 8. The van der Waals surface area contributed by atoms with Crippen molar-refractivity contribution in [1.29, 1.82) is 0 Å². The van der Waals surface area contributed by atoms with Crippen LogP contribution in [0.15, 0.2) is 17.5 Å². The van der Waals surface area contributed by atoms with E-state index in [2.05, 4.69) is 4.90 Å². The number of methoxy groups -OCH3 is 3. The summed E-state index contributed by atoms with van der Waals surface area (Å²) >= 11 is 1.57. The summed E-state index contributed by atoms with van der Waals surface area (Å²) in [5, 5.41) is 6.86. The SMILES string of the molecule is CCOCc1cc(OC)c(-c2csc3c(N(CCCF)C4CCOCC4)c(OC)nn23)c(OC)c1. The highest BCUT2D eigenvalue weighted by atomic mass is 32.1. The van der Waals surface area contributed by atoms with E-state index >= 15 is 0 Å². The lowest BCUT2D eigenvalue weighted by molar-refractivity contribution is 0.0842. The van der Waals surface area contributed by atoms with Crippen LogP contribution in [0.5, 0.6) is 17.4 Å². The number of rotatable bonds is 12. The summed E-state index contributed by atoms with van der Waals surface area (Å²) in [6.07, 6.45) is 2.21. The molecule has 192 valence electrons.